The summed E-state index contributed by atoms with van der Waals surface area (Å²) in [7, 11) is 1.41. The summed E-state index contributed by atoms with van der Waals surface area (Å²) in [5.41, 5.74) is 0.526. The molecule has 138 valence electrons. The minimum Gasteiger partial charge on any atom is -0.504 e. The Bertz CT molecular complexity index is 630. The third-order valence-electron chi connectivity index (χ3n) is 3.69. The van der Waals surface area contributed by atoms with Crippen molar-refractivity contribution in [2.24, 2.45) is 0 Å². The first-order chi connectivity index (χ1) is 11.8. The second-order valence-electron chi connectivity index (χ2n) is 5.43. The van der Waals surface area contributed by atoms with E-state index < -0.39 is 43.3 Å². The molecule has 25 heavy (non-hydrogen) atoms. The number of hydrogen-bond acceptors (Lipinski definition) is 9. The van der Waals surface area contributed by atoms with E-state index in [0.717, 1.165) is 6.08 Å². The number of phenolic OH excluding ortho intramolecular Hbond substituents is 1. The number of hydrogen-bond donors (Lipinski definition) is 5. The van der Waals surface area contributed by atoms with Crippen LogP contribution in [-0.4, -0.2) is 75.9 Å². The molecule has 2 rings (SSSR count). The number of aliphatic hydroxyl groups is 4. The molecule has 9 nitrogen and oxygen atoms in total. The van der Waals surface area contributed by atoms with Crippen LogP contribution in [0.4, 0.5) is 0 Å². The quantitative estimate of drug-likeness (QED) is 0.323. The van der Waals surface area contributed by atoms with E-state index in [4.69, 9.17) is 14.2 Å². The van der Waals surface area contributed by atoms with Gasteiger partial charge in [-0.15, -0.1) is 0 Å². The van der Waals surface area contributed by atoms with Crippen molar-refractivity contribution in [2.75, 3.05) is 13.7 Å². The van der Waals surface area contributed by atoms with E-state index in [1.165, 1.54) is 25.3 Å². The molecule has 9 heteroatoms. The summed E-state index contributed by atoms with van der Waals surface area (Å²) in [6.07, 6.45) is -5.18. The van der Waals surface area contributed by atoms with Crippen LogP contribution in [0.1, 0.15) is 5.56 Å². The minimum absolute atomic E-state index is 0.0849. The first-order valence-electron chi connectivity index (χ1n) is 7.43. The van der Waals surface area contributed by atoms with E-state index in [9.17, 15) is 30.3 Å². The van der Waals surface area contributed by atoms with E-state index in [1.807, 2.05) is 0 Å². The molecule has 2 unspecified atom stereocenters. The number of benzene rings is 1. The Balaban J connectivity index is 1.89. The van der Waals surface area contributed by atoms with Gasteiger partial charge in [-0.1, -0.05) is 6.07 Å². The summed E-state index contributed by atoms with van der Waals surface area (Å²) in [6, 6.07) is 4.54. The number of carbonyl (C=O) groups is 1. The molecule has 1 aliphatic heterocycles. The zero-order chi connectivity index (χ0) is 18.6. The average Bonchev–Trinajstić information content (AvgIpc) is 2.60. The van der Waals surface area contributed by atoms with E-state index >= 15 is 0 Å². The molecule has 5 N–H and O–H groups in total. The molecule has 1 aromatic rings. The molecule has 5 atom stereocenters. The molecule has 0 aliphatic carbocycles. The van der Waals surface area contributed by atoms with Gasteiger partial charge in [0, 0.05) is 6.08 Å². The number of esters is 1. The topological polar surface area (TPSA) is 146 Å². The van der Waals surface area contributed by atoms with Crippen LogP contribution < -0.4 is 4.74 Å². The van der Waals surface area contributed by atoms with Crippen LogP contribution in [0.5, 0.6) is 11.5 Å². The molecule has 0 amide bonds. The number of phenols is 1. The van der Waals surface area contributed by atoms with E-state index in [1.54, 1.807) is 6.07 Å². The van der Waals surface area contributed by atoms with Gasteiger partial charge in [-0.3, -0.25) is 0 Å². The van der Waals surface area contributed by atoms with Crippen LogP contribution in [-0.2, 0) is 14.3 Å². The van der Waals surface area contributed by atoms with Gasteiger partial charge in [0.15, 0.2) is 17.8 Å². The van der Waals surface area contributed by atoms with Crippen LogP contribution in [0.2, 0.25) is 0 Å². The lowest BCUT2D eigenvalue weighted by Gasteiger charge is -2.37. The Kier molecular flexibility index (Phi) is 6.34. The molecule has 0 spiro atoms. The molecular formula is C16H20O9. The fourth-order valence-electron chi connectivity index (χ4n) is 2.26. The zero-order valence-electron chi connectivity index (χ0n) is 13.3. The molecule has 1 aromatic carbocycles. The second-order valence-corrected chi connectivity index (χ2v) is 5.43. The van der Waals surface area contributed by atoms with E-state index in [-0.39, 0.29) is 5.75 Å². The monoisotopic (exact) mass is 356 g/mol. The lowest BCUT2D eigenvalue weighted by Crippen LogP contribution is -2.58. The van der Waals surface area contributed by atoms with Gasteiger partial charge in [0.05, 0.1) is 7.11 Å². The Labute approximate surface area is 143 Å². The summed E-state index contributed by atoms with van der Waals surface area (Å²) in [6.45, 7) is -0.432. The molecule has 1 fully saturated rings. The molecule has 1 aliphatic rings. The fraction of sp³-hybridized carbons (Fsp3) is 0.438. The summed E-state index contributed by atoms with van der Waals surface area (Å²) in [5.74, 6) is -0.554. The van der Waals surface area contributed by atoms with Crippen LogP contribution in [0.15, 0.2) is 24.3 Å². The summed E-state index contributed by atoms with van der Waals surface area (Å²) >= 11 is 0. The van der Waals surface area contributed by atoms with Crippen molar-refractivity contribution in [3.05, 3.63) is 29.8 Å². The lowest BCUT2D eigenvalue weighted by molar-refractivity contribution is -0.287. The smallest absolute Gasteiger partial charge is 0.330 e. The Morgan fingerprint density at radius 2 is 1.92 bits per heavy atom. The van der Waals surface area contributed by atoms with Crippen molar-refractivity contribution in [1.82, 2.24) is 0 Å². The van der Waals surface area contributed by atoms with Crippen LogP contribution in [0.25, 0.3) is 6.08 Å². The number of aromatic hydroxyl groups is 1. The first-order valence-corrected chi connectivity index (χ1v) is 7.43. The average molecular weight is 356 g/mol. The second kappa shape index (κ2) is 8.28. The molecular weight excluding hydrogens is 336 g/mol. The third kappa shape index (κ3) is 4.68. The largest absolute Gasteiger partial charge is 0.504 e. The molecule has 0 bridgehead atoms. The van der Waals surface area contributed by atoms with E-state index in [2.05, 4.69) is 0 Å². The molecule has 0 aromatic heterocycles. The number of methoxy groups -OCH3 is 1. The van der Waals surface area contributed by atoms with Gasteiger partial charge in [0.25, 0.3) is 0 Å². The van der Waals surface area contributed by atoms with E-state index in [0.29, 0.717) is 11.3 Å². The van der Waals surface area contributed by atoms with Crippen molar-refractivity contribution in [3.63, 3.8) is 0 Å². The van der Waals surface area contributed by atoms with Gasteiger partial charge in [0.1, 0.15) is 31.0 Å². The Morgan fingerprint density at radius 3 is 2.56 bits per heavy atom. The fourth-order valence-corrected chi connectivity index (χ4v) is 2.26. The molecule has 1 saturated heterocycles. The summed E-state index contributed by atoms with van der Waals surface area (Å²) < 4.78 is 14.7. The van der Waals surface area contributed by atoms with Gasteiger partial charge in [-0.2, -0.15) is 0 Å². The first kappa shape index (κ1) is 19.2. The maximum Gasteiger partial charge on any atom is 0.330 e. The normalized spacial score (nSPS) is 29.6. The molecule has 0 radical (unpaired) electrons. The van der Waals surface area contributed by atoms with Gasteiger partial charge < -0.3 is 39.7 Å². The van der Waals surface area contributed by atoms with Gasteiger partial charge >= 0.3 is 5.97 Å². The molecule has 1 heterocycles. The predicted octanol–water partition coefficient (Wildman–Crippen LogP) is -1.24. The van der Waals surface area contributed by atoms with Gasteiger partial charge in [-0.25, -0.2) is 4.79 Å². The minimum atomic E-state index is -1.69. The number of ether oxygens (including phenoxy) is 3. The Morgan fingerprint density at radius 1 is 1.20 bits per heavy atom. The van der Waals surface area contributed by atoms with Crippen molar-refractivity contribution >= 4 is 12.0 Å². The maximum atomic E-state index is 11.7. The number of aliphatic hydroxyl groups excluding tert-OH is 4. The van der Waals surface area contributed by atoms with Crippen molar-refractivity contribution < 1.29 is 44.5 Å². The predicted molar refractivity (Wildman–Crippen MR) is 83.6 cm³/mol. The Hall–Kier alpha value is -2.17. The van der Waals surface area contributed by atoms with Crippen LogP contribution in [0.3, 0.4) is 0 Å². The lowest BCUT2D eigenvalue weighted by atomic mass is 9.99. The highest BCUT2D eigenvalue weighted by atomic mass is 16.6. The highest BCUT2D eigenvalue weighted by Crippen LogP contribution is 2.26. The van der Waals surface area contributed by atoms with Crippen LogP contribution in [0, 0.1) is 0 Å². The third-order valence-corrected chi connectivity index (χ3v) is 3.69. The SMILES string of the molecule is COc1ccc(/C=C/C(=O)OCC2OC(O)[C@H](O)[C@@H](O)[C@@H]2O)cc1O. The van der Waals surface area contributed by atoms with Crippen molar-refractivity contribution in [1.29, 1.82) is 0 Å². The van der Waals surface area contributed by atoms with Gasteiger partial charge in [-0.05, 0) is 23.8 Å². The maximum absolute atomic E-state index is 11.7. The standard InChI is InChI=1S/C16H20O9/c1-23-10-4-2-8(6-9(10)17)3-5-12(18)24-7-11-13(19)14(20)15(21)16(22)25-11/h2-6,11,13-17,19-22H,7H2,1H3/b5-3+/t11?,13-,14+,15-,16?/m1/s1. The number of rotatable bonds is 5. The number of carbonyl (C=O) groups excluding carboxylic acids is 1. The van der Waals surface area contributed by atoms with Crippen molar-refractivity contribution in [3.8, 4) is 11.5 Å². The zero-order valence-corrected chi connectivity index (χ0v) is 13.3. The molecule has 0 saturated carbocycles. The summed E-state index contributed by atoms with van der Waals surface area (Å²) in [4.78, 5) is 11.7. The highest BCUT2D eigenvalue weighted by molar-refractivity contribution is 5.87. The van der Waals surface area contributed by atoms with Crippen molar-refractivity contribution in [2.45, 2.75) is 30.7 Å². The van der Waals surface area contributed by atoms with Crippen LogP contribution >= 0.6 is 0 Å². The summed E-state index contributed by atoms with van der Waals surface area (Å²) in [5, 5.41) is 47.7. The van der Waals surface area contributed by atoms with Gasteiger partial charge in [0.2, 0.25) is 0 Å². The highest BCUT2D eigenvalue weighted by Gasteiger charge is 2.43.